The molecule has 4 aromatic rings. The van der Waals surface area contributed by atoms with Gasteiger partial charge >= 0.3 is 0 Å². The van der Waals surface area contributed by atoms with E-state index in [4.69, 9.17) is 14.7 Å². The maximum absolute atomic E-state index is 14.2. The van der Waals surface area contributed by atoms with Crippen LogP contribution in [-0.4, -0.2) is 17.1 Å². The topological polar surface area (TPSA) is 68.0 Å². The van der Waals surface area contributed by atoms with Crippen LogP contribution in [0.2, 0.25) is 0 Å². The van der Waals surface area contributed by atoms with Crippen LogP contribution in [0.3, 0.4) is 0 Å². The van der Waals surface area contributed by atoms with Crippen LogP contribution in [0.15, 0.2) is 53.9 Å². The van der Waals surface area contributed by atoms with Crippen molar-refractivity contribution >= 4 is 21.6 Å². The summed E-state index contributed by atoms with van der Waals surface area (Å²) in [5, 5.41) is 10.7. The van der Waals surface area contributed by atoms with Crippen molar-refractivity contribution in [3.05, 3.63) is 65.3 Å². The highest BCUT2D eigenvalue weighted by atomic mass is 32.1. The summed E-state index contributed by atoms with van der Waals surface area (Å²) in [6.45, 7) is 0. The molecule has 4 rings (SSSR count). The summed E-state index contributed by atoms with van der Waals surface area (Å²) in [6, 6.07) is 15.1. The molecule has 0 aliphatic rings. The van der Waals surface area contributed by atoms with E-state index in [1.807, 2.05) is 41.8 Å². The molecular formula is C20H12FN3O2S. The monoisotopic (exact) mass is 377 g/mol. The van der Waals surface area contributed by atoms with E-state index >= 15 is 0 Å². The molecule has 0 aliphatic carbocycles. The van der Waals surface area contributed by atoms with Gasteiger partial charge in [-0.15, -0.1) is 11.3 Å². The Balaban J connectivity index is 1.78. The first-order valence-electron chi connectivity index (χ1n) is 7.95. The molecule has 2 aromatic carbocycles. The van der Waals surface area contributed by atoms with E-state index in [9.17, 15) is 4.39 Å². The summed E-state index contributed by atoms with van der Waals surface area (Å²) < 4.78 is 25.9. The van der Waals surface area contributed by atoms with Crippen LogP contribution < -0.4 is 9.47 Å². The minimum absolute atomic E-state index is 0.00285. The van der Waals surface area contributed by atoms with Gasteiger partial charge in [0.05, 0.1) is 24.3 Å². The Kier molecular flexibility index (Phi) is 4.40. The minimum Gasteiger partial charge on any atom is -0.497 e. The Labute approximate surface area is 158 Å². The zero-order valence-electron chi connectivity index (χ0n) is 14.1. The lowest BCUT2D eigenvalue weighted by atomic mass is 10.2. The number of fused-ring (bicyclic) bond motifs is 1. The van der Waals surface area contributed by atoms with Crippen LogP contribution >= 0.6 is 11.3 Å². The predicted octanol–water partition coefficient (Wildman–Crippen LogP) is 5.17. The highest BCUT2D eigenvalue weighted by molar-refractivity contribution is 7.17. The smallest absolute Gasteiger partial charge is 0.241 e. The first-order valence-corrected chi connectivity index (χ1v) is 8.83. The maximum atomic E-state index is 14.2. The lowest BCUT2D eigenvalue weighted by Gasteiger charge is -2.09. The molecule has 0 radical (unpaired) electrons. The average Bonchev–Trinajstić information content (AvgIpc) is 3.18. The van der Waals surface area contributed by atoms with Gasteiger partial charge in [-0.3, -0.25) is 0 Å². The Morgan fingerprint density at radius 2 is 1.89 bits per heavy atom. The lowest BCUT2D eigenvalue weighted by Crippen LogP contribution is -1.96. The highest BCUT2D eigenvalue weighted by Gasteiger charge is 2.15. The van der Waals surface area contributed by atoms with E-state index in [0.717, 1.165) is 22.1 Å². The van der Waals surface area contributed by atoms with Crippen molar-refractivity contribution in [3.8, 4) is 34.8 Å². The standard InChI is InChI=1S/C20H12FN3O2S/c1-25-14-5-3-13(4-6-14)19-23-16-8-9-27-18(16)20(24-19)26-17-7-2-12(11-22)10-15(17)21/h2-10H,1H3. The van der Waals surface area contributed by atoms with Crippen LogP contribution in [0.25, 0.3) is 21.6 Å². The van der Waals surface area contributed by atoms with Crippen molar-refractivity contribution in [2.24, 2.45) is 0 Å². The number of thiophene rings is 1. The van der Waals surface area contributed by atoms with E-state index in [1.54, 1.807) is 7.11 Å². The van der Waals surface area contributed by atoms with Gasteiger partial charge in [-0.2, -0.15) is 10.2 Å². The number of ether oxygens (including phenoxy) is 2. The van der Waals surface area contributed by atoms with Crippen molar-refractivity contribution in [2.75, 3.05) is 7.11 Å². The van der Waals surface area contributed by atoms with Crippen molar-refractivity contribution in [1.29, 1.82) is 5.26 Å². The van der Waals surface area contributed by atoms with Crippen LogP contribution in [-0.2, 0) is 0 Å². The molecule has 0 N–H and O–H groups in total. The van der Waals surface area contributed by atoms with Gasteiger partial charge in [0.15, 0.2) is 17.4 Å². The summed E-state index contributed by atoms with van der Waals surface area (Å²) in [5.41, 5.74) is 1.72. The molecule has 0 saturated carbocycles. The Morgan fingerprint density at radius 1 is 1.07 bits per heavy atom. The van der Waals surface area contributed by atoms with E-state index in [-0.39, 0.29) is 17.2 Å². The zero-order valence-corrected chi connectivity index (χ0v) is 15.0. The summed E-state index contributed by atoms with van der Waals surface area (Å²) >= 11 is 1.41. The summed E-state index contributed by atoms with van der Waals surface area (Å²) in [5.74, 6) is 0.843. The van der Waals surface area contributed by atoms with Crippen LogP contribution in [0, 0.1) is 17.1 Å². The number of nitriles is 1. The third kappa shape index (κ3) is 3.30. The van der Waals surface area contributed by atoms with Crippen LogP contribution in [0.1, 0.15) is 5.56 Å². The van der Waals surface area contributed by atoms with Gasteiger partial charge < -0.3 is 9.47 Å². The molecule has 0 saturated heterocycles. The average molecular weight is 377 g/mol. The van der Waals surface area contributed by atoms with Gasteiger partial charge in [-0.1, -0.05) is 0 Å². The lowest BCUT2D eigenvalue weighted by molar-refractivity contribution is 0.415. The molecule has 7 heteroatoms. The zero-order chi connectivity index (χ0) is 18.8. The van der Waals surface area contributed by atoms with Gasteiger partial charge in [-0.25, -0.2) is 9.37 Å². The first kappa shape index (κ1) is 16.9. The molecule has 0 spiro atoms. The number of hydrogen-bond acceptors (Lipinski definition) is 6. The second-order valence-electron chi connectivity index (χ2n) is 5.57. The van der Waals surface area contributed by atoms with Gasteiger partial charge in [0, 0.05) is 5.56 Å². The molecular weight excluding hydrogens is 365 g/mol. The number of aromatic nitrogens is 2. The normalized spacial score (nSPS) is 10.6. The molecule has 0 aliphatic heterocycles. The van der Waals surface area contributed by atoms with Crippen LogP contribution in [0.4, 0.5) is 4.39 Å². The molecule has 0 atom stereocenters. The molecule has 2 heterocycles. The van der Waals surface area contributed by atoms with Gasteiger partial charge in [-0.05, 0) is 53.9 Å². The molecule has 0 unspecified atom stereocenters. The second kappa shape index (κ2) is 7.02. The third-order valence-corrected chi connectivity index (χ3v) is 4.78. The molecule has 0 fully saturated rings. The molecule has 27 heavy (non-hydrogen) atoms. The number of nitrogens with zero attached hydrogens (tertiary/aromatic N) is 3. The Morgan fingerprint density at radius 3 is 2.59 bits per heavy atom. The molecule has 2 aromatic heterocycles. The van der Waals surface area contributed by atoms with E-state index in [0.29, 0.717) is 11.3 Å². The summed E-state index contributed by atoms with van der Waals surface area (Å²) in [6.07, 6.45) is 0. The first-order chi connectivity index (χ1) is 13.2. The molecule has 0 bridgehead atoms. The molecule has 0 amide bonds. The Bertz CT molecular complexity index is 1170. The van der Waals surface area contributed by atoms with Crippen molar-refractivity contribution in [3.63, 3.8) is 0 Å². The largest absolute Gasteiger partial charge is 0.497 e. The van der Waals surface area contributed by atoms with Crippen molar-refractivity contribution in [2.45, 2.75) is 0 Å². The summed E-state index contributed by atoms with van der Waals surface area (Å²) in [4.78, 5) is 9.04. The second-order valence-corrected chi connectivity index (χ2v) is 6.49. The predicted molar refractivity (Wildman–Crippen MR) is 101 cm³/mol. The number of rotatable bonds is 4. The fourth-order valence-corrected chi connectivity index (χ4v) is 3.29. The summed E-state index contributed by atoms with van der Waals surface area (Å²) in [7, 11) is 1.60. The quantitative estimate of drug-likeness (QED) is 0.491. The van der Waals surface area contributed by atoms with Crippen molar-refractivity contribution in [1.82, 2.24) is 9.97 Å². The fraction of sp³-hybridized carbons (Fsp3) is 0.0500. The molecule has 132 valence electrons. The SMILES string of the molecule is COc1ccc(-c2nc(Oc3ccc(C#N)cc3F)c3sccc3n2)cc1. The van der Waals surface area contributed by atoms with E-state index in [2.05, 4.69) is 9.97 Å². The fourth-order valence-electron chi connectivity index (χ4n) is 2.53. The molecule has 5 nitrogen and oxygen atoms in total. The number of methoxy groups -OCH3 is 1. The van der Waals surface area contributed by atoms with Gasteiger partial charge in [0.25, 0.3) is 0 Å². The number of hydrogen-bond donors (Lipinski definition) is 0. The number of halogens is 1. The van der Waals surface area contributed by atoms with Crippen molar-refractivity contribution < 1.29 is 13.9 Å². The third-order valence-electron chi connectivity index (χ3n) is 3.89. The Hall–Kier alpha value is -3.50. The van der Waals surface area contributed by atoms with Crippen LogP contribution in [0.5, 0.6) is 17.4 Å². The van der Waals surface area contributed by atoms with E-state index < -0.39 is 5.82 Å². The van der Waals surface area contributed by atoms with E-state index in [1.165, 1.54) is 23.5 Å². The maximum Gasteiger partial charge on any atom is 0.241 e. The highest BCUT2D eigenvalue weighted by Crippen LogP contribution is 2.34. The van der Waals surface area contributed by atoms with Gasteiger partial charge in [0.2, 0.25) is 5.88 Å². The minimum atomic E-state index is -0.622. The van der Waals surface area contributed by atoms with Gasteiger partial charge in [0.1, 0.15) is 10.4 Å². The number of benzene rings is 2.